The highest BCUT2D eigenvalue weighted by molar-refractivity contribution is 7.12. The number of aromatic nitrogens is 2. The van der Waals surface area contributed by atoms with Crippen molar-refractivity contribution in [3.8, 4) is 5.69 Å². The number of anilines is 2. The molecule has 4 rings (SSSR count). The van der Waals surface area contributed by atoms with Crippen molar-refractivity contribution in [3.63, 3.8) is 0 Å². The van der Waals surface area contributed by atoms with E-state index in [1.807, 2.05) is 0 Å². The monoisotopic (exact) mass is 440 g/mol. The molecule has 0 aliphatic rings. The predicted octanol–water partition coefficient (Wildman–Crippen LogP) is 5.23. The largest absolute Gasteiger partial charge is 0.322 e. The maximum absolute atomic E-state index is 14.4. The summed E-state index contributed by atoms with van der Waals surface area (Å²) < 4.78 is 15.8. The lowest BCUT2D eigenvalue weighted by molar-refractivity contribution is 0.101. The van der Waals surface area contributed by atoms with Crippen molar-refractivity contribution in [2.24, 2.45) is 0 Å². The third-order valence-corrected chi connectivity index (χ3v) is 5.38. The van der Waals surface area contributed by atoms with Crippen molar-refractivity contribution in [1.82, 2.24) is 9.78 Å². The van der Waals surface area contributed by atoms with Crippen molar-refractivity contribution >= 4 is 46.1 Å². The Morgan fingerprint density at radius 1 is 1.03 bits per heavy atom. The molecule has 0 aliphatic heterocycles. The Morgan fingerprint density at radius 3 is 2.60 bits per heavy atom. The second-order valence-electron chi connectivity index (χ2n) is 6.20. The molecular weight excluding hydrogens is 427 g/mol. The van der Waals surface area contributed by atoms with Crippen LogP contribution in [0.25, 0.3) is 5.69 Å². The maximum Gasteiger partial charge on any atom is 0.265 e. The summed E-state index contributed by atoms with van der Waals surface area (Å²) in [5.74, 6) is -1.32. The number of thiophene rings is 1. The van der Waals surface area contributed by atoms with E-state index in [4.69, 9.17) is 11.6 Å². The number of rotatable bonds is 5. The molecule has 2 aromatic carbocycles. The summed E-state index contributed by atoms with van der Waals surface area (Å²) in [5, 5.41) is 11.4. The minimum absolute atomic E-state index is 0.262. The lowest BCUT2D eigenvalue weighted by Crippen LogP contribution is -2.14. The fourth-order valence-electron chi connectivity index (χ4n) is 2.74. The van der Waals surface area contributed by atoms with Gasteiger partial charge in [0.25, 0.3) is 11.8 Å². The molecule has 0 unspecified atom stereocenters. The van der Waals surface area contributed by atoms with Gasteiger partial charge in [-0.15, -0.1) is 11.3 Å². The topological polar surface area (TPSA) is 76.0 Å². The number of carbonyl (C=O) groups excluding carboxylic acids is 2. The van der Waals surface area contributed by atoms with Gasteiger partial charge >= 0.3 is 0 Å². The van der Waals surface area contributed by atoms with Crippen LogP contribution in [0, 0.1) is 5.82 Å². The van der Waals surface area contributed by atoms with Crippen molar-refractivity contribution in [1.29, 1.82) is 0 Å². The first-order valence-corrected chi connectivity index (χ1v) is 10.0. The third kappa shape index (κ3) is 4.24. The van der Waals surface area contributed by atoms with Gasteiger partial charge in [0.2, 0.25) is 0 Å². The van der Waals surface area contributed by atoms with Gasteiger partial charge in [0.1, 0.15) is 5.69 Å². The van der Waals surface area contributed by atoms with Crippen molar-refractivity contribution in [2.45, 2.75) is 0 Å². The van der Waals surface area contributed by atoms with E-state index in [0.29, 0.717) is 15.6 Å². The highest BCUT2D eigenvalue weighted by Crippen LogP contribution is 2.25. The van der Waals surface area contributed by atoms with Crippen LogP contribution in [0.4, 0.5) is 15.8 Å². The van der Waals surface area contributed by atoms with Gasteiger partial charge in [0.05, 0.1) is 15.6 Å². The summed E-state index contributed by atoms with van der Waals surface area (Å²) in [6.45, 7) is 0. The first-order valence-electron chi connectivity index (χ1n) is 8.76. The Balaban J connectivity index is 1.51. The van der Waals surface area contributed by atoms with Gasteiger partial charge in [-0.05, 0) is 53.9 Å². The molecule has 0 radical (unpaired) electrons. The van der Waals surface area contributed by atoms with Crippen molar-refractivity contribution < 1.29 is 14.0 Å². The molecular formula is C21H14ClFN4O2S. The third-order valence-electron chi connectivity index (χ3n) is 4.18. The molecule has 0 atom stereocenters. The Labute approximate surface area is 179 Å². The average Bonchev–Trinajstić information content (AvgIpc) is 3.44. The van der Waals surface area contributed by atoms with Gasteiger partial charge in [0.15, 0.2) is 5.82 Å². The van der Waals surface area contributed by atoms with E-state index >= 15 is 0 Å². The fourth-order valence-corrected chi connectivity index (χ4v) is 3.52. The number of nitrogens with zero attached hydrogens (tertiary/aromatic N) is 2. The van der Waals surface area contributed by atoms with E-state index in [1.165, 1.54) is 46.4 Å². The first kappa shape index (κ1) is 19.8. The van der Waals surface area contributed by atoms with Crippen LogP contribution in [0.2, 0.25) is 5.02 Å². The quantitative estimate of drug-likeness (QED) is 0.446. The summed E-state index contributed by atoms with van der Waals surface area (Å²) in [6, 6.07) is 14.0. The minimum Gasteiger partial charge on any atom is -0.322 e. The lowest BCUT2D eigenvalue weighted by Gasteiger charge is -2.11. The molecule has 6 nitrogen and oxygen atoms in total. The number of nitrogens with one attached hydrogen (secondary N) is 2. The van der Waals surface area contributed by atoms with Crippen LogP contribution in [0.5, 0.6) is 0 Å². The molecule has 2 heterocycles. The van der Waals surface area contributed by atoms with Gasteiger partial charge in [0, 0.05) is 23.6 Å². The highest BCUT2D eigenvalue weighted by atomic mass is 35.5. The fraction of sp³-hybridized carbons (Fsp3) is 0. The number of amides is 2. The summed E-state index contributed by atoms with van der Waals surface area (Å²) in [5.41, 5.74) is 1.12. The van der Waals surface area contributed by atoms with Crippen LogP contribution in [0.3, 0.4) is 0 Å². The van der Waals surface area contributed by atoms with Crippen molar-refractivity contribution in [3.05, 3.63) is 93.7 Å². The normalized spacial score (nSPS) is 10.6. The Hall–Kier alpha value is -3.49. The molecule has 0 saturated carbocycles. The first-order chi connectivity index (χ1) is 14.5. The van der Waals surface area contributed by atoms with Crippen LogP contribution in [-0.4, -0.2) is 21.6 Å². The summed E-state index contributed by atoms with van der Waals surface area (Å²) >= 11 is 7.45. The summed E-state index contributed by atoms with van der Waals surface area (Å²) in [6.07, 6.45) is 3.17. The van der Waals surface area contributed by atoms with Crippen LogP contribution in [-0.2, 0) is 0 Å². The lowest BCUT2D eigenvalue weighted by atomic mass is 10.1. The Kier molecular flexibility index (Phi) is 5.60. The number of benzene rings is 2. The zero-order chi connectivity index (χ0) is 21.1. The van der Waals surface area contributed by atoms with Crippen LogP contribution >= 0.6 is 22.9 Å². The molecule has 0 saturated heterocycles. The Morgan fingerprint density at radius 2 is 1.90 bits per heavy atom. The molecule has 4 aromatic rings. The molecule has 2 N–H and O–H groups in total. The van der Waals surface area contributed by atoms with Gasteiger partial charge in [-0.25, -0.2) is 9.07 Å². The number of halogens is 2. The van der Waals surface area contributed by atoms with Gasteiger partial charge in [-0.1, -0.05) is 17.7 Å². The van der Waals surface area contributed by atoms with Gasteiger partial charge in [-0.3, -0.25) is 9.59 Å². The SMILES string of the molecule is O=C(Nc1ccc(-n2cccn2)c(F)c1)c1ccc(Cl)c(NC(=O)c2cccs2)c1. The second-order valence-corrected chi connectivity index (χ2v) is 7.55. The van der Waals surface area contributed by atoms with E-state index < -0.39 is 11.7 Å². The van der Waals surface area contributed by atoms with E-state index in [2.05, 4.69) is 15.7 Å². The van der Waals surface area contributed by atoms with E-state index in [0.717, 1.165) is 0 Å². The van der Waals surface area contributed by atoms with Gasteiger partial charge in [-0.2, -0.15) is 5.10 Å². The molecule has 0 bridgehead atoms. The standard InChI is InChI=1S/C21H14ClFN4O2S/c22-15-6-4-13(11-17(15)26-21(29)19-3-1-10-30-19)20(28)25-14-5-7-18(16(23)12-14)27-9-2-8-24-27/h1-12H,(H,25,28)(H,26,29). The number of hydrogen-bond donors (Lipinski definition) is 2. The van der Waals surface area contributed by atoms with E-state index in [9.17, 15) is 14.0 Å². The van der Waals surface area contributed by atoms with E-state index in [1.54, 1.807) is 42.0 Å². The summed E-state index contributed by atoms with van der Waals surface area (Å²) in [7, 11) is 0. The number of carbonyl (C=O) groups is 2. The Bertz CT molecular complexity index is 1210. The molecule has 30 heavy (non-hydrogen) atoms. The smallest absolute Gasteiger partial charge is 0.265 e. The molecule has 9 heteroatoms. The second kappa shape index (κ2) is 8.48. The molecule has 0 fully saturated rings. The zero-order valence-corrected chi connectivity index (χ0v) is 16.9. The minimum atomic E-state index is -0.531. The molecule has 2 amide bonds. The summed E-state index contributed by atoms with van der Waals surface area (Å²) in [4.78, 5) is 25.4. The van der Waals surface area contributed by atoms with E-state index in [-0.39, 0.29) is 22.8 Å². The molecule has 0 aliphatic carbocycles. The highest BCUT2D eigenvalue weighted by Gasteiger charge is 2.14. The van der Waals surface area contributed by atoms with Crippen LogP contribution < -0.4 is 10.6 Å². The predicted molar refractivity (Wildman–Crippen MR) is 115 cm³/mol. The number of hydrogen-bond acceptors (Lipinski definition) is 4. The molecule has 2 aromatic heterocycles. The van der Waals surface area contributed by atoms with Crippen LogP contribution in [0.1, 0.15) is 20.0 Å². The zero-order valence-electron chi connectivity index (χ0n) is 15.3. The molecule has 150 valence electrons. The van der Waals surface area contributed by atoms with Crippen molar-refractivity contribution in [2.75, 3.05) is 10.6 Å². The van der Waals surface area contributed by atoms with Crippen LogP contribution in [0.15, 0.2) is 72.4 Å². The van der Waals surface area contributed by atoms with Gasteiger partial charge < -0.3 is 10.6 Å². The average molecular weight is 441 g/mol. The molecule has 0 spiro atoms. The maximum atomic E-state index is 14.4.